The highest BCUT2D eigenvalue weighted by atomic mass is 16.5. The van der Waals surface area contributed by atoms with E-state index in [0.29, 0.717) is 6.42 Å². The van der Waals surface area contributed by atoms with Gasteiger partial charge in [0.05, 0.1) is 0 Å². The van der Waals surface area contributed by atoms with Crippen molar-refractivity contribution in [3.63, 3.8) is 0 Å². The van der Waals surface area contributed by atoms with Gasteiger partial charge in [0.1, 0.15) is 6.61 Å². The fourth-order valence-corrected chi connectivity index (χ4v) is 4.19. The molecule has 0 bridgehead atoms. The topological polar surface area (TPSA) is 89.6 Å². The molecule has 4 rings (SSSR count). The van der Waals surface area contributed by atoms with Crippen LogP contribution in [0.3, 0.4) is 0 Å². The highest BCUT2D eigenvalue weighted by Gasteiger charge is 2.52. The fourth-order valence-electron chi connectivity index (χ4n) is 4.19. The van der Waals surface area contributed by atoms with Gasteiger partial charge in [-0.3, -0.25) is 9.59 Å². The minimum atomic E-state index is -1.72. The Kier molecular flexibility index (Phi) is 4.32. The van der Waals surface area contributed by atoms with Crippen molar-refractivity contribution in [1.82, 2.24) is 0 Å². The smallest absolute Gasteiger partial charge is 0.325 e. The lowest BCUT2D eigenvalue weighted by atomic mass is 9.73. The molecule has 0 heterocycles. The summed E-state index contributed by atoms with van der Waals surface area (Å²) < 4.78 is 5.58. The van der Waals surface area contributed by atoms with Crippen LogP contribution in [-0.4, -0.2) is 29.7 Å². The lowest BCUT2D eigenvalue weighted by Gasteiger charge is -2.33. The minimum Gasteiger partial charge on any atom is -0.480 e. The molecule has 0 unspecified atom stereocenters. The van der Waals surface area contributed by atoms with Crippen molar-refractivity contribution in [1.29, 1.82) is 0 Å². The van der Waals surface area contributed by atoms with Crippen LogP contribution in [0.5, 0.6) is 0 Å². The molecule has 0 saturated carbocycles. The number of benzene rings is 2. The summed E-state index contributed by atoms with van der Waals surface area (Å²) in [6.07, 6.45) is 4.03. The highest BCUT2D eigenvalue weighted by Crippen LogP contribution is 2.45. The first-order valence-corrected chi connectivity index (χ1v) is 9.07. The first-order chi connectivity index (χ1) is 13.1. The second-order valence-electron chi connectivity index (χ2n) is 7.09. The van der Waals surface area contributed by atoms with E-state index in [1.165, 1.54) is 0 Å². The molecule has 27 heavy (non-hydrogen) atoms. The zero-order chi connectivity index (χ0) is 19.0. The number of carboxylic acids is 1. The molecule has 2 aliphatic carbocycles. The van der Waals surface area contributed by atoms with Crippen LogP contribution in [0.4, 0.5) is 0 Å². The van der Waals surface area contributed by atoms with Gasteiger partial charge in [-0.2, -0.15) is 0 Å². The molecule has 0 aromatic heterocycles. The lowest BCUT2D eigenvalue weighted by Crippen LogP contribution is -2.54. The summed E-state index contributed by atoms with van der Waals surface area (Å²) in [7, 11) is 0. The predicted molar refractivity (Wildman–Crippen MR) is 101 cm³/mol. The second kappa shape index (κ2) is 6.67. The number of esters is 1. The van der Waals surface area contributed by atoms with Crippen LogP contribution in [0, 0.1) is 5.41 Å². The van der Waals surface area contributed by atoms with Gasteiger partial charge in [0.25, 0.3) is 0 Å². The Bertz CT molecular complexity index is 890. The van der Waals surface area contributed by atoms with Crippen molar-refractivity contribution in [2.24, 2.45) is 11.1 Å². The number of carbonyl (C=O) groups is 2. The first-order valence-electron chi connectivity index (χ1n) is 9.07. The third-order valence-corrected chi connectivity index (χ3v) is 5.71. The standard InChI is InChI=1S/C22H21NO4/c23-19-11-5-6-12-22(19,20(24)25)21(26)27-13-18-16-9-3-1-7-14(16)15-8-2-4-10-17(15)18/h1-5,7-11,18-19H,6,12-13,23H2,(H,24,25)/t19-,22+/m0/s1. The molecule has 2 aromatic rings. The maximum absolute atomic E-state index is 12.8. The number of fused-ring (bicyclic) bond motifs is 3. The summed E-state index contributed by atoms with van der Waals surface area (Å²) in [4.78, 5) is 24.7. The van der Waals surface area contributed by atoms with E-state index < -0.39 is 23.4 Å². The molecule has 0 fully saturated rings. The maximum Gasteiger partial charge on any atom is 0.325 e. The third kappa shape index (κ3) is 2.66. The van der Waals surface area contributed by atoms with Crippen LogP contribution in [0.2, 0.25) is 0 Å². The molecule has 138 valence electrons. The van der Waals surface area contributed by atoms with Gasteiger partial charge < -0.3 is 15.6 Å². The van der Waals surface area contributed by atoms with E-state index >= 15 is 0 Å². The van der Waals surface area contributed by atoms with Crippen molar-refractivity contribution >= 4 is 11.9 Å². The lowest BCUT2D eigenvalue weighted by molar-refractivity contribution is -0.170. The van der Waals surface area contributed by atoms with Crippen LogP contribution in [0.25, 0.3) is 11.1 Å². The quantitative estimate of drug-likeness (QED) is 0.495. The van der Waals surface area contributed by atoms with E-state index in [2.05, 4.69) is 12.1 Å². The number of ether oxygens (including phenoxy) is 1. The largest absolute Gasteiger partial charge is 0.480 e. The van der Waals surface area contributed by atoms with Gasteiger partial charge in [-0.05, 0) is 35.1 Å². The Balaban J connectivity index is 1.61. The molecule has 2 atom stereocenters. The zero-order valence-corrected chi connectivity index (χ0v) is 14.8. The summed E-state index contributed by atoms with van der Waals surface area (Å²) in [5, 5.41) is 9.72. The molecule has 5 nitrogen and oxygen atoms in total. The Morgan fingerprint density at radius 2 is 1.67 bits per heavy atom. The Morgan fingerprint density at radius 3 is 2.22 bits per heavy atom. The van der Waals surface area contributed by atoms with Crippen molar-refractivity contribution < 1.29 is 19.4 Å². The van der Waals surface area contributed by atoms with Gasteiger partial charge in [-0.25, -0.2) is 0 Å². The van der Waals surface area contributed by atoms with Crippen LogP contribution in [0.1, 0.15) is 29.9 Å². The van der Waals surface area contributed by atoms with Gasteiger partial charge in [-0.15, -0.1) is 0 Å². The van der Waals surface area contributed by atoms with E-state index in [0.717, 1.165) is 22.3 Å². The van der Waals surface area contributed by atoms with Crippen LogP contribution in [-0.2, 0) is 14.3 Å². The van der Waals surface area contributed by atoms with Crippen molar-refractivity contribution in [3.8, 4) is 11.1 Å². The van der Waals surface area contributed by atoms with E-state index in [1.807, 2.05) is 42.5 Å². The monoisotopic (exact) mass is 363 g/mol. The summed E-state index contributed by atoms with van der Waals surface area (Å²) >= 11 is 0. The van der Waals surface area contributed by atoms with Crippen molar-refractivity contribution in [2.75, 3.05) is 6.61 Å². The summed E-state index contributed by atoms with van der Waals surface area (Å²) in [5.41, 5.74) is 8.69. The summed E-state index contributed by atoms with van der Waals surface area (Å²) in [5.74, 6) is -2.09. The molecule has 3 N–H and O–H groups in total. The molecule has 0 spiro atoms. The van der Waals surface area contributed by atoms with E-state index in [4.69, 9.17) is 10.5 Å². The van der Waals surface area contributed by atoms with Gasteiger partial charge in [0, 0.05) is 12.0 Å². The Labute approximate surface area is 157 Å². The van der Waals surface area contributed by atoms with Gasteiger partial charge in [0.15, 0.2) is 5.41 Å². The van der Waals surface area contributed by atoms with E-state index in [-0.39, 0.29) is 18.9 Å². The average Bonchev–Trinajstić information content (AvgIpc) is 3.00. The third-order valence-electron chi connectivity index (χ3n) is 5.71. The fraction of sp³-hybridized carbons (Fsp3) is 0.273. The van der Waals surface area contributed by atoms with Crippen LogP contribution >= 0.6 is 0 Å². The SMILES string of the molecule is N[C@H]1C=CCC[C@@]1(C(=O)O)C(=O)OCC1c2ccccc2-c2ccccc21. The molecule has 5 heteroatoms. The number of rotatable bonds is 4. The zero-order valence-electron chi connectivity index (χ0n) is 14.8. The number of hydrogen-bond donors (Lipinski definition) is 2. The number of hydrogen-bond acceptors (Lipinski definition) is 4. The molecule has 0 radical (unpaired) electrons. The molecule has 2 aliphatic rings. The Morgan fingerprint density at radius 1 is 1.07 bits per heavy atom. The molecule has 0 aliphatic heterocycles. The van der Waals surface area contributed by atoms with Gasteiger partial charge in [-0.1, -0.05) is 60.7 Å². The van der Waals surface area contributed by atoms with Crippen molar-refractivity contribution in [2.45, 2.75) is 24.8 Å². The number of nitrogens with two attached hydrogens (primary N) is 1. The summed E-state index contributed by atoms with van der Waals surface area (Å²) in [6.45, 7) is 0.0956. The number of aliphatic carboxylic acids is 1. The van der Waals surface area contributed by atoms with Crippen molar-refractivity contribution in [3.05, 3.63) is 71.8 Å². The van der Waals surface area contributed by atoms with E-state index in [1.54, 1.807) is 6.08 Å². The minimum absolute atomic E-state index is 0.0956. The number of carbonyl (C=O) groups excluding carboxylic acids is 1. The molecular formula is C22H21NO4. The second-order valence-corrected chi connectivity index (χ2v) is 7.09. The number of allylic oxidation sites excluding steroid dienone is 1. The first kappa shape index (κ1) is 17.5. The maximum atomic E-state index is 12.8. The highest BCUT2D eigenvalue weighted by molar-refractivity contribution is 6.00. The number of carboxylic acid groups (broad SMARTS) is 1. The molecule has 2 aromatic carbocycles. The Hall–Kier alpha value is -2.92. The molecule has 0 saturated heterocycles. The van der Waals surface area contributed by atoms with E-state index in [9.17, 15) is 14.7 Å². The predicted octanol–water partition coefficient (Wildman–Crippen LogP) is 3.09. The summed E-state index contributed by atoms with van der Waals surface area (Å²) in [6, 6.07) is 15.1. The molecular weight excluding hydrogens is 342 g/mol. The van der Waals surface area contributed by atoms with Gasteiger partial charge in [0.2, 0.25) is 0 Å². The van der Waals surface area contributed by atoms with Crippen LogP contribution < -0.4 is 5.73 Å². The normalized spacial score (nSPS) is 23.5. The van der Waals surface area contributed by atoms with Gasteiger partial charge >= 0.3 is 11.9 Å². The molecule has 0 amide bonds. The van der Waals surface area contributed by atoms with Crippen LogP contribution in [0.15, 0.2) is 60.7 Å². The average molecular weight is 363 g/mol.